The Hall–Kier alpha value is -1.14. The summed E-state index contributed by atoms with van der Waals surface area (Å²) in [5.74, 6) is 0. The average Bonchev–Trinajstić information content (AvgIpc) is 2.40. The number of carbonyl (C=O) groups excluding carboxylic acids is 1. The zero-order valence-corrected chi connectivity index (χ0v) is 11.6. The molecule has 0 unspecified atom stereocenters. The van der Waals surface area contributed by atoms with Crippen molar-refractivity contribution in [2.24, 2.45) is 0 Å². The molecule has 0 saturated heterocycles. The fourth-order valence-corrected chi connectivity index (χ4v) is 2.33. The highest BCUT2D eigenvalue weighted by Crippen LogP contribution is 2.18. The molecule has 6 heteroatoms. The van der Waals surface area contributed by atoms with Crippen LogP contribution in [0.4, 0.5) is 10.5 Å². The quantitative estimate of drug-likeness (QED) is 0.501. The number of urea groups is 1. The van der Waals surface area contributed by atoms with Crippen LogP contribution in [0.15, 0.2) is 22.9 Å². The van der Waals surface area contributed by atoms with Gasteiger partial charge in [0.15, 0.2) is 0 Å². The van der Waals surface area contributed by atoms with E-state index < -0.39 is 6.03 Å². The molecule has 0 atom stereocenters. The second-order valence-electron chi connectivity index (χ2n) is 4.44. The highest BCUT2D eigenvalue weighted by atomic mass is 79.9. The van der Waals surface area contributed by atoms with Gasteiger partial charge in [-0.3, -0.25) is 5.21 Å². The minimum absolute atomic E-state index is 0.171. The molecule has 0 bridgehead atoms. The zero-order chi connectivity index (χ0) is 13.0. The van der Waals surface area contributed by atoms with Crippen molar-refractivity contribution in [2.45, 2.75) is 38.1 Å². The number of hydroxylamine groups is 1. The predicted molar refractivity (Wildman–Crippen MR) is 71.6 cm³/mol. The molecule has 1 aromatic rings. The second-order valence-corrected chi connectivity index (χ2v) is 5.25. The van der Waals surface area contributed by atoms with E-state index in [2.05, 4.69) is 26.2 Å². The van der Waals surface area contributed by atoms with Crippen molar-refractivity contribution in [3.63, 3.8) is 0 Å². The number of hydrogen-bond donors (Lipinski definition) is 2. The third-order valence-electron chi connectivity index (χ3n) is 3.08. The average molecular weight is 314 g/mol. The molecule has 1 fully saturated rings. The number of nitrogens with zero attached hydrogens (tertiary/aromatic N) is 2. The van der Waals surface area contributed by atoms with Gasteiger partial charge in [0.2, 0.25) is 0 Å². The lowest BCUT2D eigenvalue weighted by Gasteiger charge is -2.25. The number of pyridine rings is 1. The molecule has 1 aliphatic rings. The molecule has 2 amide bonds. The van der Waals surface area contributed by atoms with Crippen molar-refractivity contribution in [1.29, 1.82) is 0 Å². The first kappa shape index (κ1) is 13.3. The molecule has 0 aliphatic heterocycles. The highest BCUT2D eigenvalue weighted by Gasteiger charge is 2.19. The van der Waals surface area contributed by atoms with E-state index in [9.17, 15) is 10.0 Å². The Labute approximate surface area is 114 Å². The van der Waals surface area contributed by atoms with E-state index in [0.717, 1.165) is 25.7 Å². The summed E-state index contributed by atoms with van der Waals surface area (Å²) < 4.78 is 0.660. The van der Waals surface area contributed by atoms with Crippen LogP contribution in [0, 0.1) is 0 Å². The van der Waals surface area contributed by atoms with Crippen molar-refractivity contribution in [3.8, 4) is 0 Å². The van der Waals surface area contributed by atoms with Gasteiger partial charge >= 0.3 is 6.03 Å². The Kier molecular flexibility index (Phi) is 4.54. The van der Waals surface area contributed by atoms with Gasteiger partial charge in [-0.25, -0.2) is 9.78 Å². The number of anilines is 1. The summed E-state index contributed by atoms with van der Waals surface area (Å²) in [6.07, 6.45) is 6.90. The van der Waals surface area contributed by atoms with Crippen molar-refractivity contribution in [2.75, 3.05) is 5.06 Å². The molecular formula is C12H16BrN3O2. The SMILES string of the molecule is O=C(NC1CCCCC1)N(O)c1ccc(Br)nc1. The molecule has 1 saturated carbocycles. The third kappa shape index (κ3) is 3.43. The molecule has 2 rings (SSSR count). The first-order chi connectivity index (χ1) is 8.66. The zero-order valence-electron chi connectivity index (χ0n) is 9.97. The van der Waals surface area contributed by atoms with Crippen LogP contribution in [0.1, 0.15) is 32.1 Å². The monoisotopic (exact) mass is 313 g/mol. The summed E-state index contributed by atoms with van der Waals surface area (Å²) in [6, 6.07) is 2.97. The maximum absolute atomic E-state index is 11.8. The highest BCUT2D eigenvalue weighted by molar-refractivity contribution is 9.10. The minimum atomic E-state index is -0.494. The van der Waals surface area contributed by atoms with Gasteiger partial charge in [0, 0.05) is 6.04 Å². The maximum atomic E-state index is 11.8. The molecule has 0 aromatic carbocycles. The van der Waals surface area contributed by atoms with Crippen LogP contribution in [-0.4, -0.2) is 22.3 Å². The van der Waals surface area contributed by atoms with E-state index in [1.807, 2.05) is 0 Å². The molecule has 0 radical (unpaired) electrons. The fraction of sp³-hybridized carbons (Fsp3) is 0.500. The van der Waals surface area contributed by atoms with Gasteiger partial charge in [0.1, 0.15) is 4.60 Å². The molecule has 1 aliphatic carbocycles. The summed E-state index contributed by atoms with van der Waals surface area (Å²) in [5, 5.41) is 13.2. The Morgan fingerprint density at radius 1 is 1.39 bits per heavy atom. The summed E-state index contributed by atoms with van der Waals surface area (Å²) >= 11 is 3.20. The van der Waals surface area contributed by atoms with E-state index in [4.69, 9.17) is 0 Å². The fourth-order valence-electron chi connectivity index (χ4n) is 2.09. The van der Waals surface area contributed by atoms with Crippen LogP contribution in [0.2, 0.25) is 0 Å². The van der Waals surface area contributed by atoms with Crippen LogP contribution < -0.4 is 10.4 Å². The summed E-state index contributed by atoms with van der Waals surface area (Å²) in [6.45, 7) is 0. The van der Waals surface area contributed by atoms with Gasteiger partial charge in [-0.1, -0.05) is 19.3 Å². The molecule has 1 aromatic heterocycles. The molecule has 98 valence electrons. The number of hydrogen-bond acceptors (Lipinski definition) is 3. The van der Waals surface area contributed by atoms with Gasteiger partial charge in [-0.2, -0.15) is 5.06 Å². The van der Waals surface area contributed by atoms with E-state index in [0.29, 0.717) is 15.4 Å². The molecule has 0 spiro atoms. The van der Waals surface area contributed by atoms with Crippen molar-refractivity contribution < 1.29 is 10.0 Å². The minimum Gasteiger partial charge on any atom is -0.333 e. The standard InChI is InChI=1S/C12H16BrN3O2/c13-11-7-6-10(8-14-11)16(18)12(17)15-9-4-2-1-3-5-9/h6-9,18H,1-5H2,(H,15,17). The van der Waals surface area contributed by atoms with Gasteiger partial charge in [0.05, 0.1) is 11.9 Å². The molecule has 5 nitrogen and oxygen atoms in total. The van der Waals surface area contributed by atoms with E-state index in [1.54, 1.807) is 12.1 Å². The van der Waals surface area contributed by atoms with E-state index >= 15 is 0 Å². The lowest BCUT2D eigenvalue weighted by Crippen LogP contribution is -2.44. The number of aromatic nitrogens is 1. The number of carbonyl (C=O) groups is 1. The van der Waals surface area contributed by atoms with Crippen molar-refractivity contribution in [3.05, 3.63) is 22.9 Å². The maximum Gasteiger partial charge on any atom is 0.346 e. The number of amides is 2. The summed E-state index contributed by atoms with van der Waals surface area (Å²) in [5.41, 5.74) is 0.353. The number of halogens is 1. The predicted octanol–water partition coefficient (Wildman–Crippen LogP) is 3.08. The molecule has 2 N–H and O–H groups in total. The number of rotatable bonds is 2. The Morgan fingerprint density at radius 3 is 2.72 bits per heavy atom. The Balaban J connectivity index is 1.93. The Morgan fingerprint density at radius 2 is 2.11 bits per heavy atom. The van der Waals surface area contributed by atoms with Gasteiger partial charge in [-0.05, 0) is 40.9 Å². The van der Waals surface area contributed by atoms with Crippen molar-refractivity contribution >= 4 is 27.6 Å². The number of nitrogens with one attached hydrogen (secondary N) is 1. The first-order valence-corrected chi connectivity index (χ1v) is 6.87. The van der Waals surface area contributed by atoms with Crippen LogP contribution >= 0.6 is 15.9 Å². The van der Waals surface area contributed by atoms with Crippen LogP contribution in [0.5, 0.6) is 0 Å². The van der Waals surface area contributed by atoms with E-state index in [-0.39, 0.29) is 6.04 Å². The Bertz CT molecular complexity index is 404. The largest absolute Gasteiger partial charge is 0.346 e. The second kappa shape index (κ2) is 6.15. The lowest BCUT2D eigenvalue weighted by molar-refractivity contribution is 0.198. The lowest BCUT2D eigenvalue weighted by atomic mass is 9.96. The smallest absolute Gasteiger partial charge is 0.333 e. The molecular weight excluding hydrogens is 298 g/mol. The summed E-state index contributed by atoms with van der Waals surface area (Å²) in [4.78, 5) is 15.8. The van der Waals surface area contributed by atoms with E-state index in [1.165, 1.54) is 12.6 Å². The van der Waals surface area contributed by atoms with Crippen LogP contribution in [0.25, 0.3) is 0 Å². The first-order valence-electron chi connectivity index (χ1n) is 6.08. The molecule has 1 heterocycles. The van der Waals surface area contributed by atoms with Crippen LogP contribution in [0.3, 0.4) is 0 Å². The molecule has 18 heavy (non-hydrogen) atoms. The third-order valence-corrected chi connectivity index (χ3v) is 3.55. The van der Waals surface area contributed by atoms with Gasteiger partial charge < -0.3 is 5.32 Å². The van der Waals surface area contributed by atoms with Gasteiger partial charge in [0.25, 0.3) is 0 Å². The van der Waals surface area contributed by atoms with Crippen molar-refractivity contribution in [1.82, 2.24) is 10.3 Å². The normalized spacial score (nSPS) is 16.3. The summed E-state index contributed by atoms with van der Waals surface area (Å²) in [7, 11) is 0. The topological polar surface area (TPSA) is 65.5 Å². The van der Waals surface area contributed by atoms with Crippen LogP contribution in [-0.2, 0) is 0 Å². The van der Waals surface area contributed by atoms with Gasteiger partial charge in [-0.15, -0.1) is 0 Å².